The van der Waals surface area contributed by atoms with Gasteiger partial charge in [-0.05, 0) is 0 Å². The average Bonchev–Trinajstić information content (AvgIpc) is 3.48. The van der Waals surface area contributed by atoms with Crippen LogP contribution in [0.4, 0.5) is 8.78 Å². The SMILES string of the molecule is CC1=[C]([Zr](=[SiH2])([C]2=C(C)C(c3cccc(F)c3)=CC2C)([c]2ccccc2)[c]2ccccc2)C(C)C=C1c1cccc(F)c1.Cl.Cl. The van der Waals surface area contributed by atoms with Crippen molar-refractivity contribution in [2.24, 2.45) is 11.8 Å². The van der Waals surface area contributed by atoms with Crippen molar-refractivity contribution in [2.45, 2.75) is 27.7 Å². The van der Waals surface area contributed by atoms with Gasteiger partial charge in [0.05, 0.1) is 0 Å². The van der Waals surface area contributed by atoms with Crippen molar-refractivity contribution in [3.8, 4) is 0 Å². The Kier molecular flexibility index (Phi) is 10.1. The monoisotopic (exact) mass is 720 g/mol. The maximum absolute atomic E-state index is 14.5. The molecular weight excluding hydrogens is 685 g/mol. The van der Waals surface area contributed by atoms with E-state index in [1.807, 2.05) is 12.1 Å². The first-order valence-corrected chi connectivity index (χ1v) is 25.5. The summed E-state index contributed by atoms with van der Waals surface area (Å²) < 4.78 is 34.8. The molecule has 4 aromatic rings. The van der Waals surface area contributed by atoms with Crippen LogP contribution in [0.3, 0.4) is 0 Å². The van der Waals surface area contributed by atoms with Crippen molar-refractivity contribution in [1.29, 1.82) is 0 Å². The van der Waals surface area contributed by atoms with Gasteiger partial charge in [-0.15, -0.1) is 24.8 Å². The van der Waals surface area contributed by atoms with Gasteiger partial charge in [-0.3, -0.25) is 0 Å². The van der Waals surface area contributed by atoms with E-state index in [0.717, 1.165) is 22.3 Å². The van der Waals surface area contributed by atoms with E-state index in [-0.39, 0.29) is 48.3 Å². The quantitative estimate of drug-likeness (QED) is 0.174. The Bertz CT molecular complexity index is 1770. The van der Waals surface area contributed by atoms with Crippen LogP contribution in [0.5, 0.6) is 0 Å². The van der Waals surface area contributed by atoms with Crippen LogP contribution in [0.15, 0.2) is 139 Å². The Morgan fingerprint density at radius 1 is 0.545 bits per heavy atom. The van der Waals surface area contributed by atoms with E-state index in [1.165, 1.54) is 36.4 Å². The van der Waals surface area contributed by atoms with Gasteiger partial charge in [0.1, 0.15) is 0 Å². The summed E-state index contributed by atoms with van der Waals surface area (Å²) >= 11 is -4.72. The fourth-order valence-electron chi connectivity index (χ4n) is 8.21. The summed E-state index contributed by atoms with van der Waals surface area (Å²) in [6.07, 6.45) is 4.70. The fourth-order valence-corrected chi connectivity index (χ4v) is 37.2. The van der Waals surface area contributed by atoms with Crippen LogP contribution in [0.2, 0.25) is 0 Å². The van der Waals surface area contributed by atoms with Crippen molar-refractivity contribution in [1.82, 2.24) is 0 Å². The van der Waals surface area contributed by atoms with Crippen molar-refractivity contribution in [3.63, 3.8) is 0 Å². The fraction of sp³-hybridized carbons (Fsp3) is 0.158. The van der Waals surface area contributed by atoms with Crippen LogP contribution in [-0.4, -0.2) is 6.88 Å². The largest absolute Gasteiger partial charge is 0.147 e. The molecule has 44 heavy (non-hydrogen) atoms. The molecule has 0 nitrogen and oxygen atoms in total. The molecule has 0 fully saturated rings. The van der Waals surface area contributed by atoms with Crippen molar-refractivity contribution >= 4 is 49.4 Å². The molecule has 2 aliphatic rings. The van der Waals surface area contributed by atoms with Crippen LogP contribution in [0, 0.1) is 23.5 Å². The van der Waals surface area contributed by atoms with Gasteiger partial charge in [-0.1, -0.05) is 0 Å². The second-order valence-corrected chi connectivity index (χ2v) is 33.0. The van der Waals surface area contributed by atoms with Gasteiger partial charge < -0.3 is 0 Å². The van der Waals surface area contributed by atoms with Crippen molar-refractivity contribution in [3.05, 3.63) is 162 Å². The average molecular weight is 723 g/mol. The molecule has 0 aromatic heterocycles. The first-order chi connectivity index (χ1) is 20.1. The van der Waals surface area contributed by atoms with E-state index in [1.54, 1.807) is 24.3 Å². The molecule has 2 aliphatic carbocycles. The normalized spacial score (nSPS) is 18.4. The van der Waals surface area contributed by atoms with E-state index in [9.17, 15) is 8.78 Å². The summed E-state index contributed by atoms with van der Waals surface area (Å²) in [6, 6.07) is 36.2. The molecule has 0 saturated carbocycles. The van der Waals surface area contributed by atoms with E-state index in [0.29, 0.717) is 0 Å². The molecule has 0 N–H and O–H groups in total. The molecule has 2 unspecified atom stereocenters. The minimum atomic E-state index is -4.72. The topological polar surface area (TPSA) is 0 Å². The molecule has 6 rings (SSSR count). The molecule has 6 heteroatoms. The zero-order valence-corrected chi connectivity index (χ0v) is 31.0. The standard InChI is InChI=1S/2C13H12F.2C6H5.2ClH.H2Si.Zr/c2*1-9-6-10(2)13(7-9)11-4-3-5-12(14)8-11;2*1-2-4-6-5-3-1;;;;/h2*3-5,7-9H,1-2H3;2*1-5H;2*1H;1H2;. The Morgan fingerprint density at radius 2 is 0.909 bits per heavy atom. The van der Waals surface area contributed by atoms with E-state index < -0.39 is 17.4 Å². The maximum atomic E-state index is 14.5. The number of hydrogen-bond donors (Lipinski definition) is 0. The molecular formula is C38H38Cl2F2SiZr. The zero-order valence-electron chi connectivity index (χ0n) is 25.5. The summed E-state index contributed by atoms with van der Waals surface area (Å²) in [6.45, 7) is 11.4. The minimum Gasteiger partial charge on any atom is -0.147 e. The summed E-state index contributed by atoms with van der Waals surface area (Å²) in [5.74, 6) is -0.110. The number of benzene rings is 4. The first kappa shape index (κ1) is 34.3. The number of rotatable bonds is 6. The molecule has 0 aliphatic heterocycles. The molecule has 0 heterocycles. The Hall–Kier alpha value is -2.62. The van der Waals surface area contributed by atoms with Gasteiger partial charge in [-0.2, -0.15) is 0 Å². The van der Waals surface area contributed by atoms with Crippen LogP contribution < -0.4 is 6.54 Å². The second kappa shape index (κ2) is 13.0. The third kappa shape index (κ3) is 5.22. The molecule has 226 valence electrons. The van der Waals surface area contributed by atoms with Crippen LogP contribution in [0.25, 0.3) is 11.1 Å². The summed E-state index contributed by atoms with van der Waals surface area (Å²) in [7, 11) is 0. The Labute approximate surface area is 275 Å². The summed E-state index contributed by atoms with van der Waals surface area (Å²) in [4.78, 5) is 0. The van der Waals surface area contributed by atoms with Gasteiger partial charge in [0.2, 0.25) is 0 Å². The van der Waals surface area contributed by atoms with Gasteiger partial charge in [0, 0.05) is 0 Å². The van der Waals surface area contributed by atoms with Crippen molar-refractivity contribution in [2.75, 3.05) is 0 Å². The number of hydrogen-bond acceptors (Lipinski definition) is 0. The molecule has 2 atom stereocenters. The molecule has 0 radical (unpaired) electrons. The van der Waals surface area contributed by atoms with E-state index in [4.69, 9.17) is 0 Å². The van der Waals surface area contributed by atoms with Gasteiger partial charge in [0.25, 0.3) is 0 Å². The summed E-state index contributed by atoms with van der Waals surface area (Å²) in [5, 5.41) is 0. The predicted molar refractivity (Wildman–Crippen MR) is 188 cm³/mol. The first-order valence-electron chi connectivity index (χ1n) is 14.7. The van der Waals surface area contributed by atoms with Crippen molar-refractivity contribution < 1.29 is 26.2 Å². The molecule has 0 amide bonds. The maximum Gasteiger partial charge on any atom is -0.147 e. The van der Waals surface area contributed by atoms with Gasteiger partial charge >= 0.3 is 252 Å². The van der Waals surface area contributed by atoms with Crippen LogP contribution in [0.1, 0.15) is 38.8 Å². The third-order valence-electron chi connectivity index (χ3n) is 9.64. The Balaban J connectivity index is 0.00000221. The predicted octanol–water partition coefficient (Wildman–Crippen LogP) is 9.01. The summed E-state index contributed by atoms with van der Waals surface area (Å²) in [5.41, 5.74) is 6.61. The van der Waals surface area contributed by atoms with Crippen LogP contribution >= 0.6 is 24.8 Å². The minimum absolute atomic E-state index is 0. The number of allylic oxidation sites excluding steroid dienone is 8. The van der Waals surface area contributed by atoms with E-state index in [2.05, 4.69) is 107 Å². The van der Waals surface area contributed by atoms with E-state index >= 15 is 0 Å². The van der Waals surface area contributed by atoms with Gasteiger partial charge in [0.15, 0.2) is 0 Å². The molecule has 4 aromatic carbocycles. The molecule has 0 spiro atoms. The zero-order chi connectivity index (χ0) is 29.7. The van der Waals surface area contributed by atoms with Gasteiger partial charge in [-0.25, -0.2) is 0 Å². The Morgan fingerprint density at radius 3 is 1.25 bits per heavy atom. The molecule has 0 bridgehead atoms. The smallest absolute Gasteiger partial charge is 0.147 e. The molecule has 0 saturated heterocycles. The third-order valence-corrected chi connectivity index (χ3v) is 36.8. The second-order valence-electron chi connectivity index (χ2n) is 12.0. The van der Waals surface area contributed by atoms with Crippen LogP contribution in [-0.2, 0) is 17.4 Å². The number of halogens is 4.